The fourth-order valence-corrected chi connectivity index (χ4v) is 2.59. The van der Waals surface area contributed by atoms with E-state index in [9.17, 15) is 4.79 Å². The third-order valence-corrected chi connectivity index (χ3v) is 3.54. The Bertz CT molecular complexity index is 436. The fraction of sp³-hybridized carbons (Fsp3) is 0.588. The minimum Gasteiger partial charge on any atom is -0.377 e. The summed E-state index contributed by atoms with van der Waals surface area (Å²) in [6.07, 6.45) is 1.47. The second kappa shape index (κ2) is 6.40. The standard InChI is InChI=1S/C17H25NO2/c1-17(2,3)12-16(19)18-9-10-20-13-15(18)11-14-7-5-4-6-8-14/h4-8,15H,9-13H2,1-3H3. The van der Waals surface area contributed by atoms with Crippen LogP contribution in [0.2, 0.25) is 0 Å². The molecule has 1 unspecified atom stereocenters. The van der Waals surface area contributed by atoms with E-state index < -0.39 is 0 Å². The summed E-state index contributed by atoms with van der Waals surface area (Å²) in [4.78, 5) is 14.5. The van der Waals surface area contributed by atoms with Gasteiger partial charge in [0.2, 0.25) is 5.91 Å². The Morgan fingerprint density at radius 2 is 2.00 bits per heavy atom. The number of amides is 1. The van der Waals surface area contributed by atoms with E-state index in [2.05, 4.69) is 32.9 Å². The number of benzene rings is 1. The van der Waals surface area contributed by atoms with Gasteiger partial charge < -0.3 is 9.64 Å². The Labute approximate surface area is 121 Å². The number of ether oxygens (including phenoxy) is 1. The molecule has 0 aromatic heterocycles. The number of hydrogen-bond donors (Lipinski definition) is 0. The van der Waals surface area contributed by atoms with Crippen molar-refractivity contribution in [2.45, 2.75) is 39.7 Å². The average molecular weight is 275 g/mol. The number of morpholine rings is 1. The van der Waals surface area contributed by atoms with Gasteiger partial charge in [-0.1, -0.05) is 51.1 Å². The first kappa shape index (κ1) is 15.0. The third kappa shape index (κ3) is 4.34. The first-order valence-electron chi connectivity index (χ1n) is 7.37. The molecule has 1 aliphatic heterocycles. The van der Waals surface area contributed by atoms with Crippen LogP contribution in [-0.4, -0.2) is 36.6 Å². The minimum absolute atomic E-state index is 0.0344. The van der Waals surface area contributed by atoms with Gasteiger partial charge in [0.25, 0.3) is 0 Å². The molecule has 110 valence electrons. The molecule has 0 bridgehead atoms. The molecule has 1 saturated heterocycles. The highest BCUT2D eigenvalue weighted by atomic mass is 16.5. The van der Waals surface area contributed by atoms with E-state index in [1.54, 1.807) is 0 Å². The van der Waals surface area contributed by atoms with Crippen LogP contribution in [0.4, 0.5) is 0 Å². The van der Waals surface area contributed by atoms with Gasteiger partial charge in [-0.25, -0.2) is 0 Å². The van der Waals surface area contributed by atoms with Crippen LogP contribution in [0, 0.1) is 5.41 Å². The van der Waals surface area contributed by atoms with Crippen LogP contribution in [-0.2, 0) is 16.0 Å². The highest BCUT2D eigenvalue weighted by molar-refractivity contribution is 5.77. The zero-order valence-corrected chi connectivity index (χ0v) is 12.8. The molecule has 1 atom stereocenters. The first-order valence-corrected chi connectivity index (χ1v) is 7.37. The summed E-state index contributed by atoms with van der Waals surface area (Å²) >= 11 is 0. The fourth-order valence-electron chi connectivity index (χ4n) is 2.59. The largest absolute Gasteiger partial charge is 0.377 e. The van der Waals surface area contributed by atoms with Crippen LogP contribution in [0.1, 0.15) is 32.8 Å². The molecule has 1 fully saturated rings. The van der Waals surface area contributed by atoms with Crippen LogP contribution < -0.4 is 0 Å². The predicted octanol–water partition coefficient (Wildman–Crippen LogP) is 2.89. The molecular formula is C17H25NO2. The van der Waals surface area contributed by atoms with Gasteiger partial charge >= 0.3 is 0 Å². The van der Waals surface area contributed by atoms with Crippen molar-refractivity contribution in [1.29, 1.82) is 0 Å². The van der Waals surface area contributed by atoms with Crippen LogP contribution in [0.25, 0.3) is 0 Å². The van der Waals surface area contributed by atoms with Gasteiger partial charge in [0.1, 0.15) is 0 Å². The second-order valence-corrected chi connectivity index (χ2v) is 6.74. The second-order valence-electron chi connectivity index (χ2n) is 6.74. The van der Waals surface area contributed by atoms with Gasteiger partial charge in [-0.2, -0.15) is 0 Å². The first-order chi connectivity index (χ1) is 9.46. The lowest BCUT2D eigenvalue weighted by Gasteiger charge is -2.37. The van der Waals surface area contributed by atoms with E-state index in [1.807, 2.05) is 23.1 Å². The Balaban J connectivity index is 2.03. The van der Waals surface area contributed by atoms with Gasteiger partial charge in [0.05, 0.1) is 19.3 Å². The Morgan fingerprint density at radius 1 is 1.30 bits per heavy atom. The monoisotopic (exact) mass is 275 g/mol. The molecule has 1 aliphatic rings. The summed E-state index contributed by atoms with van der Waals surface area (Å²) in [7, 11) is 0. The molecule has 1 amide bonds. The SMILES string of the molecule is CC(C)(C)CC(=O)N1CCOCC1Cc1ccccc1. The molecule has 0 spiro atoms. The van der Waals surface area contributed by atoms with Crippen molar-refractivity contribution >= 4 is 5.91 Å². The van der Waals surface area contributed by atoms with Gasteiger partial charge in [0.15, 0.2) is 0 Å². The van der Waals surface area contributed by atoms with Crippen LogP contribution >= 0.6 is 0 Å². The van der Waals surface area contributed by atoms with E-state index in [0.717, 1.165) is 6.42 Å². The molecule has 0 aliphatic carbocycles. The Kier molecular flexibility index (Phi) is 4.81. The molecular weight excluding hydrogens is 250 g/mol. The van der Waals surface area contributed by atoms with Gasteiger partial charge in [0, 0.05) is 13.0 Å². The maximum atomic E-state index is 12.5. The molecule has 1 aromatic rings. The smallest absolute Gasteiger partial charge is 0.223 e. The summed E-state index contributed by atoms with van der Waals surface area (Å²) in [5.74, 6) is 0.252. The Hall–Kier alpha value is -1.35. The van der Waals surface area contributed by atoms with Crippen molar-refractivity contribution in [2.24, 2.45) is 5.41 Å². The number of hydrogen-bond acceptors (Lipinski definition) is 2. The maximum absolute atomic E-state index is 12.5. The zero-order chi connectivity index (χ0) is 14.6. The van der Waals surface area contributed by atoms with Crippen molar-refractivity contribution in [3.63, 3.8) is 0 Å². The lowest BCUT2D eigenvalue weighted by atomic mass is 9.91. The normalized spacial score (nSPS) is 19.9. The topological polar surface area (TPSA) is 29.5 Å². The van der Waals surface area contributed by atoms with E-state index in [4.69, 9.17) is 4.74 Å². The number of nitrogens with zero attached hydrogens (tertiary/aromatic N) is 1. The lowest BCUT2D eigenvalue weighted by Crippen LogP contribution is -2.50. The van der Waals surface area contributed by atoms with Crippen molar-refractivity contribution < 1.29 is 9.53 Å². The van der Waals surface area contributed by atoms with Gasteiger partial charge in [-0.05, 0) is 17.4 Å². The van der Waals surface area contributed by atoms with E-state index >= 15 is 0 Å². The summed E-state index contributed by atoms with van der Waals surface area (Å²) in [5, 5.41) is 0. The zero-order valence-electron chi connectivity index (χ0n) is 12.8. The number of rotatable bonds is 3. The van der Waals surface area contributed by atoms with Crippen LogP contribution in [0.15, 0.2) is 30.3 Å². The van der Waals surface area contributed by atoms with Crippen molar-refractivity contribution in [3.05, 3.63) is 35.9 Å². The maximum Gasteiger partial charge on any atom is 0.223 e. The lowest BCUT2D eigenvalue weighted by molar-refractivity contribution is -0.141. The van der Waals surface area contributed by atoms with Crippen molar-refractivity contribution in [2.75, 3.05) is 19.8 Å². The van der Waals surface area contributed by atoms with Crippen LogP contribution in [0.3, 0.4) is 0 Å². The average Bonchev–Trinajstić information content (AvgIpc) is 2.38. The molecule has 0 saturated carbocycles. The van der Waals surface area contributed by atoms with E-state index in [0.29, 0.717) is 26.2 Å². The number of carbonyl (C=O) groups excluding carboxylic acids is 1. The molecule has 1 aromatic carbocycles. The highest BCUT2D eigenvalue weighted by Gasteiger charge is 2.29. The molecule has 3 nitrogen and oxygen atoms in total. The van der Waals surface area contributed by atoms with Gasteiger partial charge in [-0.3, -0.25) is 4.79 Å². The minimum atomic E-state index is 0.0344. The molecule has 0 N–H and O–H groups in total. The molecule has 3 heteroatoms. The van der Waals surface area contributed by atoms with Gasteiger partial charge in [-0.15, -0.1) is 0 Å². The summed E-state index contributed by atoms with van der Waals surface area (Å²) < 4.78 is 5.57. The Morgan fingerprint density at radius 3 is 2.65 bits per heavy atom. The van der Waals surface area contributed by atoms with E-state index in [-0.39, 0.29) is 17.4 Å². The molecule has 1 heterocycles. The predicted molar refractivity (Wildman–Crippen MR) is 80.5 cm³/mol. The molecule has 2 rings (SSSR count). The van der Waals surface area contributed by atoms with E-state index in [1.165, 1.54) is 5.56 Å². The summed E-state index contributed by atoms with van der Waals surface area (Å²) in [5.41, 5.74) is 1.30. The molecule has 0 radical (unpaired) electrons. The third-order valence-electron chi connectivity index (χ3n) is 3.54. The van der Waals surface area contributed by atoms with Crippen LogP contribution in [0.5, 0.6) is 0 Å². The summed E-state index contributed by atoms with van der Waals surface area (Å²) in [6.45, 7) is 8.34. The quantitative estimate of drug-likeness (QED) is 0.849. The van der Waals surface area contributed by atoms with Crippen molar-refractivity contribution in [3.8, 4) is 0 Å². The summed E-state index contributed by atoms with van der Waals surface area (Å²) in [6, 6.07) is 10.5. The van der Waals surface area contributed by atoms with Crippen molar-refractivity contribution in [1.82, 2.24) is 4.90 Å². The molecule has 20 heavy (non-hydrogen) atoms. The number of carbonyl (C=O) groups is 1. The highest BCUT2D eigenvalue weighted by Crippen LogP contribution is 2.22.